The molecule has 2 heteroatoms. The van der Waals surface area contributed by atoms with Crippen molar-refractivity contribution in [3.05, 3.63) is 48.9 Å². The van der Waals surface area contributed by atoms with E-state index in [0.29, 0.717) is 0 Å². The van der Waals surface area contributed by atoms with Crippen molar-refractivity contribution in [2.45, 2.75) is 0 Å². The number of rotatable bonds is 0. The van der Waals surface area contributed by atoms with Gasteiger partial charge in [-0.1, -0.05) is 12.1 Å². The third kappa shape index (κ3) is 0.865. The highest BCUT2D eigenvalue weighted by Crippen LogP contribution is 2.31. The molecule has 0 spiro atoms. The molecule has 0 atom stereocenters. The Balaban J connectivity index is 2.38. The SMILES string of the molecule is c1cc2c(ccc3c2ccc2ccoc23)o1. The molecule has 0 aliphatic carbocycles. The summed E-state index contributed by atoms with van der Waals surface area (Å²) < 4.78 is 10.9. The molecule has 0 N–H and O–H groups in total. The first-order valence-corrected chi connectivity index (χ1v) is 5.20. The molecule has 0 unspecified atom stereocenters. The Labute approximate surface area is 91.1 Å². The van der Waals surface area contributed by atoms with Crippen molar-refractivity contribution >= 4 is 32.7 Å². The second-order valence-corrected chi connectivity index (χ2v) is 3.90. The van der Waals surface area contributed by atoms with Crippen LogP contribution in [0.5, 0.6) is 0 Å². The Morgan fingerprint density at radius 1 is 0.625 bits per heavy atom. The number of hydrogen-bond donors (Lipinski definition) is 0. The van der Waals surface area contributed by atoms with Crippen molar-refractivity contribution in [3.8, 4) is 0 Å². The highest BCUT2D eigenvalue weighted by atomic mass is 16.3. The Kier molecular flexibility index (Phi) is 1.33. The first-order valence-electron chi connectivity index (χ1n) is 5.20. The lowest BCUT2D eigenvalue weighted by molar-refractivity contribution is 0.616. The molecule has 2 heterocycles. The molecule has 4 rings (SSSR count). The van der Waals surface area contributed by atoms with Gasteiger partial charge >= 0.3 is 0 Å². The summed E-state index contributed by atoms with van der Waals surface area (Å²) in [6.07, 6.45) is 3.44. The highest BCUT2D eigenvalue weighted by Gasteiger charge is 2.07. The zero-order valence-electron chi connectivity index (χ0n) is 8.44. The van der Waals surface area contributed by atoms with Crippen molar-refractivity contribution in [1.29, 1.82) is 0 Å². The van der Waals surface area contributed by atoms with Gasteiger partial charge in [0.1, 0.15) is 11.2 Å². The van der Waals surface area contributed by atoms with E-state index in [1.54, 1.807) is 12.5 Å². The van der Waals surface area contributed by atoms with Gasteiger partial charge in [0.15, 0.2) is 0 Å². The van der Waals surface area contributed by atoms with E-state index in [2.05, 4.69) is 12.1 Å². The third-order valence-electron chi connectivity index (χ3n) is 3.05. The van der Waals surface area contributed by atoms with E-state index in [0.717, 1.165) is 27.3 Å². The summed E-state index contributed by atoms with van der Waals surface area (Å²) in [5, 5.41) is 4.58. The lowest BCUT2D eigenvalue weighted by atomic mass is 10.0. The second kappa shape index (κ2) is 2.67. The number of hydrogen-bond acceptors (Lipinski definition) is 2. The van der Waals surface area contributed by atoms with Gasteiger partial charge in [0, 0.05) is 16.2 Å². The lowest BCUT2D eigenvalue weighted by Gasteiger charge is -1.99. The zero-order valence-corrected chi connectivity index (χ0v) is 8.44. The average molecular weight is 208 g/mol. The van der Waals surface area contributed by atoms with E-state index in [1.807, 2.05) is 24.3 Å². The smallest absolute Gasteiger partial charge is 0.141 e. The minimum absolute atomic E-state index is 0.915. The maximum Gasteiger partial charge on any atom is 0.141 e. The van der Waals surface area contributed by atoms with Crippen molar-refractivity contribution in [1.82, 2.24) is 0 Å². The van der Waals surface area contributed by atoms with Gasteiger partial charge in [0.2, 0.25) is 0 Å². The van der Waals surface area contributed by atoms with Crippen LogP contribution in [0.2, 0.25) is 0 Å². The maximum atomic E-state index is 5.53. The normalized spacial score (nSPS) is 11.8. The Hall–Kier alpha value is -2.22. The summed E-state index contributed by atoms with van der Waals surface area (Å²) in [6, 6.07) is 12.2. The molecular weight excluding hydrogens is 200 g/mol. The topological polar surface area (TPSA) is 26.3 Å². The Bertz CT molecular complexity index is 735. The minimum Gasteiger partial charge on any atom is -0.464 e. The molecule has 2 aromatic carbocycles. The summed E-state index contributed by atoms with van der Waals surface area (Å²) in [5.74, 6) is 0. The summed E-state index contributed by atoms with van der Waals surface area (Å²) in [7, 11) is 0. The molecule has 2 nitrogen and oxygen atoms in total. The van der Waals surface area contributed by atoms with Crippen molar-refractivity contribution < 1.29 is 8.83 Å². The number of fused-ring (bicyclic) bond motifs is 5. The predicted molar refractivity (Wildman–Crippen MR) is 63.5 cm³/mol. The number of benzene rings is 2. The first-order chi connectivity index (χ1) is 7.93. The van der Waals surface area contributed by atoms with Crippen LogP contribution in [0, 0.1) is 0 Å². The molecule has 0 saturated carbocycles. The molecule has 4 aromatic rings. The van der Waals surface area contributed by atoms with Crippen LogP contribution in [0.25, 0.3) is 32.7 Å². The first kappa shape index (κ1) is 7.99. The molecule has 0 amide bonds. The largest absolute Gasteiger partial charge is 0.464 e. The monoisotopic (exact) mass is 208 g/mol. The third-order valence-corrected chi connectivity index (χ3v) is 3.05. The van der Waals surface area contributed by atoms with Gasteiger partial charge in [-0.25, -0.2) is 0 Å². The van der Waals surface area contributed by atoms with Gasteiger partial charge in [-0.05, 0) is 29.7 Å². The summed E-state index contributed by atoms with van der Waals surface area (Å²) in [6.45, 7) is 0. The van der Waals surface area contributed by atoms with E-state index in [4.69, 9.17) is 8.83 Å². The maximum absolute atomic E-state index is 5.53. The van der Waals surface area contributed by atoms with E-state index < -0.39 is 0 Å². The molecule has 76 valence electrons. The van der Waals surface area contributed by atoms with Crippen LogP contribution in [-0.2, 0) is 0 Å². The molecule has 0 aliphatic rings. The van der Waals surface area contributed by atoms with Crippen LogP contribution < -0.4 is 0 Å². The molecule has 0 radical (unpaired) electrons. The second-order valence-electron chi connectivity index (χ2n) is 3.90. The van der Waals surface area contributed by atoms with Crippen LogP contribution in [0.3, 0.4) is 0 Å². The number of furan rings is 2. The van der Waals surface area contributed by atoms with Crippen LogP contribution >= 0.6 is 0 Å². The van der Waals surface area contributed by atoms with Gasteiger partial charge in [0.25, 0.3) is 0 Å². The van der Waals surface area contributed by atoms with Gasteiger partial charge in [-0.15, -0.1) is 0 Å². The van der Waals surface area contributed by atoms with Gasteiger partial charge in [-0.3, -0.25) is 0 Å². The zero-order chi connectivity index (χ0) is 10.5. The average Bonchev–Trinajstić information content (AvgIpc) is 2.96. The molecule has 2 aromatic heterocycles. The van der Waals surface area contributed by atoms with Gasteiger partial charge in [-0.2, -0.15) is 0 Å². The van der Waals surface area contributed by atoms with Crippen molar-refractivity contribution in [2.75, 3.05) is 0 Å². The minimum atomic E-state index is 0.915. The quantitative estimate of drug-likeness (QED) is 0.430. The van der Waals surface area contributed by atoms with Crippen LogP contribution in [0.15, 0.2) is 57.8 Å². The Morgan fingerprint density at radius 3 is 2.50 bits per heavy atom. The van der Waals surface area contributed by atoms with Crippen molar-refractivity contribution in [2.24, 2.45) is 0 Å². The molecule has 16 heavy (non-hydrogen) atoms. The van der Waals surface area contributed by atoms with Gasteiger partial charge in [0.05, 0.1) is 12.5 Å². The fourth-order valence-electron chi connectivity index (χ4n) is 2.29. The Morgan fingerprint density at radius 2 is 1.50 bits per heavy atom. The summed E-state index contributed by atoms with van der Waals surface area (Å²) >= 11 is 0. The molecule has 0 saturated heterocycles. The predicted octanol–water partition coefficient (Wildman–Crippen LogP) is 4.33. The van der Waals surface area contributed by atoms with E-state index in [-0.39, 0.29) is 0 Å². The summed E-state index contributed by atoms with van der Waals surface area (Å²) in [5.41, 5.74) is 1.86. The fourth-order valence-corrected chi connectivity index (χ4v) is 2.29. The fraction of sp³-hybridized carbons (Fsp3) is 0. The molecule has 0 fully saturated rings. The standard InChI is InChI=1S/C14H8O2/c1-2-10-11-6-8-15-13(11)4-3-12(10)14-9(1)5-7-16-14/h1-8H. The summed E-state index contributed by atoms with van der Waals surface area (Å²) in [4.78, 5) is 0. The molecule has 0 bridgehead atoms. The van der Waals surface area contributed by atoms with E-state index in [9.17, 15) is 0 Å². The van der Waals surface area contributed by atoms with E-state index in [1.165, 1.54) is 5.39 Å². The van der Waals surface area contributed by atoms with Crippen molar-refractivity contribution in [3.63, 3.8) is 0 Å². The van der Waals surface area contributed by atoms with Crippen LogP contribution in [0.1, 0.15) is 0 Å². The van der Waals surface area contributed by atoms with E-state index >= 15 is 0 Å². The highest BCUT2D eigenvalue weighted by molar-refractivity contribution is 6.14. The molecule has 0 aliphatic heterocycles. The van der Waals surface area contributed by atoms with Crippen LogP contribution in [-0.4, -0.2) is 0 Å². The van der Waals surface area contributed by atoms with Gasteiger partial charge < -0.3 is 8.83 Å². The molecular formula is C14H8O2. The van der Waals surface area contributed by atoms with Crippen LogP contribution in [0.4, 0.5) is 0 Å². The lowest BCUT2D eigenvalue weighted by Crippen LogP contribution is -1.74.